The summed E-state index contributed by atoms with van der Waals surface area (Å²) in [6, 6.07) is 0. The third-order valence-corrected chi connectivity index (χ3v) is 1.13. The molecule has 0 saturated carbocycles. The molecule has 0 aromatic rings. The molecule has 0 rings (SSSR count). The SMILES string of the molecule is O=C(O)CCC(=O)OS(=O)(=O)[O-].[Na+]. The number of carbonyl (C=O) groups is 2. The van der Waals surface area contributed by atoms with Crippen molar-refractivity contribution < 1.29 is 61.4 Å². The predicted octanol–water partition coefficient (Wildman–Crippen LogP) is -4.14. The zero-order valence-corrected chi connectivity index (χ0v) is 9.54. The summed E-state index contributed by atoms with van der Waals surface area (Å²) in [6.07, 6.45) is -1.22. The van der Waals surface area contributed by atoms with Crippen LogP contribution in [0, 0.1) is 0 Å². The van der Waals surface area contributed by atoms with E-state index in [1.807, 2.05) is 0 Å². The van der Waals surface area contributed by atoms with Crippen molar-refractivity contribution in [2.24, 2.45) is 0 Å². The summed E-state index contributed by atoms with van der Waals surface area (Å²) in [4.78, 5) is 20.1. The molecule has 13 heavy (non-hydrogen) atoms. The summed E-state index contributed by atoms with van der Waals surface area (Å²) < 4.78 is 32.5. The number of aliphatic carboxylic acids is 1. The molecule has 0 aliphatic carbocycles. The maximum atomic E-state index is 10.3. The van der Waals surface area contributed by atoms with Gasteiger partial charge < -0.3 is 13.8 Å². The van der Waals surface area contributed by atoms with Gasteiger partial charge in [-0.1, -0.05) is 0 Å². The standard InChI is InChI=1S/C4H6O7S.Na/c5-3(6)1-2-4(7)11-12(8,9)10;/h1-2H2,(H,5,6)(H,8,9,10);/q;+1/p-1. The zero-order valence-electron chi connectivity index (χ0n) is 6.72. The van der Waals surface area contributed by atoms with Crippen LogP contribution in [-0.4, -0.2) is 30.0 Å². The molecule has 0 bridgehead atoms. The van der Waals surface area contributed by atoms with Crippen LogP contribution in [0.5, 0.6) is 0 Å². The van der Waals surface area contributed by atoms with Crippen LogP contribution in [0.1, 0.15) is 12.8 Å². The smallest absolute Gasteiger partial charge is 0.716 e. The first-order chi connectivity index (χ1) is 5.31. The van der Waals surface area contributed by atoms with Gasteiger partial charge in [-0.05, 0) is 0 Å². The van der Waals surface area contributed by atoms with Crippen LogP contribution in [0.4, 0.5) is 0 Å². The van der Waals surface area contributed by atoms with Gasteiger partial charge in [0.15, 0.2) is 0 Å². The summed E-state index contributed by atoms with van der Waals surface area (Å²) in [5, 5.41) is 8.03. The van der Waals surface area contributed by atoms with Gasteiger partial charge in [0.2, 0.25) is 0 Å². The first-order valence-corrected chi connectivity index (χ1v) is 4.04. The summed E-state index contributed by atoms with van der Waals surface area (Å²) >= 11 is 0. The quantitative estimate of drug-likeness (QED) is 0.290. The second-order valence-corrected chi connectivity index (χ2v) is 2.74. The minimum atomic E-state index is -5.06. The van der Waals surface area contributed by atoms with Gasteiger partial charge in [-0.3, -0.25) is 9.59 Å². The van der Waals surface area contributed by atoms with Crippen molar-refractivity contribution in [1.29, 1.82) is 0 Å². The molecular formula is C4H5NaO7S. The maximum absolute atomic E-state index is 10.3. The average molecular weight is 220 g/mol. The second kappa shape index (κ2) is 6.33. The molecule has 0 spiro atoms. The van der Waals surface area contributed by atoms with E-state index in [-0.39, 0.29) is 29.6 Å². The number of carboxylic acid groups (broad SMARTS) is 1. The van der Waals surface area contributed by atoms with E-state index >= 15 is 0 Å². The van der Waals surface area contributed by atoms with Crippen LogP contribution < -0.4 is 29.6 Å². The van der Waals surface area contributed by atoms with Gasteiger partial charge in [0, 0.05) is 0 Å². The van der Waals surface area contributed by atoms with Crippen LogP contribution in [-0.2, 0) is 24.2 Å². The van der Waals surface area contributed by atoms with Gasteiger partial charge in [-0.15, -0.1) is 0 Å². The number of hydrogen-bond donors (Lipinski definition) is 1. The van der Waals surface area contributed by atoms with Crippen LogP contribution in [0.2, 0.25) is 0 Å². The van der Waals surface area contributed by atoms with Gasteiger partial charge in [0.05, 0.1) is 12.8 Å². The van der Waals surface area contributed by atoms with Gasteiger partial charge in [-0.25, -0.2) is 8.42 Å². The van der Waals surface area contributed by atoms with E-state index in [1.165, 1.54) is 0 Å². The Morgan fingerprint density at radius 1 is 1.31 bits per heavy atom. The van der Waals surface area contributed by atoms with Crippen molar-refractivity contribution in [1.82, 2.24) is 0 Å². The van der Waals surface area contributed by atoms with Crippen LogP contribution >= 0.6 is 0 Å². The molecule has 1 N–H and O–H groups in total. The topological polar surface area (TPSA) is 121 Å². The minimum absolute atomic E-state index is 0. The Balaban J connectivity index is 0. The van der Waals surface area contributed by atoms with E-state index in [2.05, 4.69) is 4.18 Å². The normalized spacial score (nSPS) is 9.92. The molecule has 0 unspecified atom stereocenters. The van der Waals surface area contributed by atoms with E-state index in [0.717, 1.165) is 0 Å². The van der Waals surface area contributed by atoms with Crippen molar-refractivity contribution in [3.63, 3.8) is 0 Å². The zero-order chi connectivity index (χ0) is 9.78. The molecule has 0 aromatic heterocycles. The van der Waals surface area contributed by atoms with E-state index in [0.29, 0.717) is 0 Å². The Morgan fingerprint density at radius 3 is 2.08 bits per heavy atom. The summed E-state index contributed by atoms with van der Waals surface area (Å²) in [5.74, 6) is -2.65. The van der Waals surface area contributed by atoms with Crippen LogP contribution in [0.3, 0.4) is 0 Å². The molecule has 0 amide bonds. The molecule has 0 aromatic carbocycles. The summed E-state index contributed by atoms with van der Waals surface area (Å²) in [5.41, 5.74) is 0. The van der Waals surface area contributed by atoms with Gasteiger partial charge in [-0.2, -0.15) is 0 Å². The number of rotatable bonds is 4. The van der Waals surface area contributed by atoms with Crippen LogP contribution in [0.25, 0.3) is 0 Å². The Bertz CT molecular complexity index is 281. The average Bonchev–Trinajstić information content (AvgIpc) is 1.79. The Labute approximate surface area is 96.3 Å². The Hall–Kier alpha value is -0.150. The first-order valence-electron chi connectivity index (χ1n) is 2.71. The molecule has 0 radical (unpaired) electrons. The molecule has 70 valence electrons. The fourth-order valence-electron chi connectivity index (χ4n) is 0.364. The molecule has 0 heterocycles. The second-order valence-electron chi connectivity index (χ2n) is 1.76. The van der Waals surface area contributed by atoms with E-state index in [1.54, 1.807) is 0 Å². The summed E-state index contributed by atoms with van der Waals surface area (Å²) in [7, 11) is -5.06. The van der Waals surface area contributed by atoms with Gasteiger partial charge in [0.25, 0.3) is 10.4 Å². The van der Waals surface area contributed by atoms with E-state index in [9.17, 15) is 22.6 Å². The predicted molar refractivity (Wildman–Crippen MR) is 32.7 cm³/mol. The molecule has 9 heteroatoms. The Kier molecular flexibility index (Phi) is 7.46. The van der Waals surface area contributed by atoms with Crippen molar-refractivity contribution in [3.05, 3.63) is 0 Å². The molecule has 0 saturated heterocycles. The Morgan fingerprint density at radius 2 is 1.77 bits per heavy atom. The van der Waals surface area contributed by atoms with Gasteiger partial charge in [0.1, 0.15) is 0 Å². The molecule has 7 nitrogen and oxygen atoms in total. The number of hydrogen-bond acceptors (Lipinski definition) is 6. The monoisotopic (exact) mass is 220 g/mol. The van der Waals surface area contributed by atoms with Gasteiger partial charge >= 0.3 is 41.5 Å². The van der Waals surface area contributed by atoms with Crippen molar-refractivity contribution in [2.75, 3.05) is 0 Å². The molecule has 0 atom stereocenters. The fraction of sp³-hybridized carbons (Fsp3) is 0.500. The van der Waals surface area contributed by atoms with E-state index < -0.39 is 35.2 Å². The summed E-state index contributed by atoms with van der Waals surface area (Å²) in [6.45, 7) is 0. The number of carbonyl (C=O) groups excluding carboxylic acids is 1. The van der Waals surface area contributed by atoms with Crippen molar-refractivity contribution in [2.45, 2.75) is 12.8 Å². The third-order valence-electron chi connectivity index (χ3n) is 0.738. The minimum Gasteiger partial charge on any atom is -0.716 e. The first kappa shape index (κ1) is 15.3. The molecule has 0 aliphatic heterocycles. The van der Waals surface area contributed by atoms with Crippen LogP contribution in [0.15, 0.2) is 0 Å². The van der Waals surface area contributed by atoms with Crippen molar-refractivity contribution in [3.8, 4) is 0 Å². The molecule has 0 fully saturated rings. The maximum Gasteiger partial charge on any atom is 1.00 e. The van der Waals surface area contributed by atoms with Crippen molar-refractivity contribution >= 4 is 22.3 Å². The van der Waals surface area contributed by atoms with E-state index in [4.69, 9.17) is 5.11 Å². The fourth-order valence-corrected chi connectivity index (χ4v) is 0.676. The third kappa shape index (κ3) is 11.9. The molecule has 0 aliphatic rings. The largest absolute Gasteiger partial charge is 1.00 e. The molecular weight excluding hydrogens is 215 g/mol. The number of carboxylic acids is 1.